The number of rotatable bonds is 8. The summed E-state index contributed by atoms with van der Waals surface area (Å²) in [4.78, 5) is 18.7. The molecule has 0 aliphatic carbocycles. The summed E-state index contributed by atoms with van der Waals surface area (Å²) in [5.74, 6) is 1.14. The van der Waals surface area contributed by atoms with E-state index in [1.807, 2.05) is 79.9 Å². The lowest BCUT2D eigenvalue weighted by molar-refractivity contribution is -0.113. The van der Waals surface area contributed by atoms with Gasteiger partial charge in [-0.25, -0.2) is 9.67 Å². The van der Waals surface area contributed by atoms with Crippen LogP contribution in [0.4, 0.5) is 11.6 Å². The first-order valence-electron chi connectivity index (χ1n) is 14.2. The van der Waals surface area contributed by atoms with Gasteiger partial charge in [0, 0.05) is 16.4 Å². The van der Waals surface area contributed by atoms with Gasteiger partial charge in [-0.2, -0.15) is 0 Å². The number of imidazole rings is 1. The van der Waals surface area contributed by atoms with Crippen LogP contribution in [0.1, 0.15) is 29.8 Å². The van der Waals surface area contributed by atoms with Crippen LogP contribution in [0.3, 0.4) is 0 Å². The molecule has 0 bridgehead atoms. The Balaban J connectivity index is 1.15. The predicted molar refractivity (Wildman–Crippen MR) is 171 cm³/mol. The molecule has 0 spiro atoms. The van der Waals surface area contributed by atoms with Gasteiger partial charge >= 0.3 is 0 Å². The Kier molecular flexibility index (Phi) is 7.29. The van der Waals surface area contributed by atoms with Crippen LogP contribution < -0.4 is 15.4 Å². The van der Waals surface area contributed by atoms with Crippen LogP contribution in [-0.2, 0) is 17.9 Å². The van der Waals surface area contributed by atoms with Crippen LogP contribution in [0.5, 0.6) is 5.75 Å². The van der Waals surface area contributed by atoms with E-state index in [0.717, 1.165) is 33.6 Å². The largest absolute Gasteiger partial charge is 0.487 e. The van der Waals surface area contributed by atoms with E-state index in [9.17, 15) is 4.79 Å². The SMILES string of the molecule is CC1=C(C(=O)Nc2ccc(Cl)cc2)C(c2ccc(OCc3cn(Cc4ccccc4)nn3)cc2)n2c(nc3ccccc32)N1. The summed E-state index contributed by atoms with van der Waals surface area (Å²) in [6, 6.07) is 32.4. The minimum atomic E-state index is -0.433. The van der Waals surface area contributed by atoms with Gasteiger partial charge in [-0.1, -0.05) is 71.4 Å². The minimum absolute atomic E-state index is 0.218. The molecule has 2 aromatic heterocycles. The zero-order chi connectivity index (χ0) is 30.0. The van der Waals surface area contributed by atoms with E-state index < -0.39 is 6.04 Å². The first-order chi connectivity index (χ1) is 21.5. The van der Waals surface area contributed by atoms with Crippen LogP contribution in [0.15, 0.2) is 121 Å². The molecule has 2 N–H and O–H groups in total. The molecule has 7 rings (SSSR count). The van der Waals surface area contributed by atoms with E-state index in [4.69, 9.17) is 21.3 Å². The number of para-hydroxylation sites is 2. The normalized spacial score (nSPS) is 14.3. The third kappa shape index (κ3) is 5.52. The van der Waals surface area contributed by atoms with Crippen LogP contribution >= 0.6 is 11.6 Å². The molecule has 6 aromatic rings. The number of ether oxygens (including phenoxy) is 1. The third-order valence-corrected chi connectivity index (χ3v) is 7.79. The fourth-order valence-corrected chi connectivity index (χ4v) is 5.59. The van der Waals surface area contributed by atoms with Crippen molar-refractivity contribution < 1.29 is 9.53 Å². The van der Waals surface area contributed by atoms with Gasteiger partial charge in [0.15, 0.2) is 0 Å². The van der Waals surface area contributed by atoms with Gasteiger partial charge in [-0.15, -0.1) is 5.10 Å². The first kappa shape index (κ1) is 27.4. The number of benzene rings is 4. The van der Waals surface area contributed by atoms with E-state index in [1.165, 1.54) is 0 Å². The number of hydrogen-bond acceptors (Lipinski definition) is 6. The molecule has 3 heterocycles. The maximum Gasteiger partial charge on any atom is 0.255 e. The average molecular weight is 602 g/mol. The minimum Gasteiger partial charge on any atom is -0.487 e. The molecule has 0 saturated heterocycles. The van der Waals surface area contributed by atoms with E-state index in [2.05, 4.69) is 37.6 Å². The molecule has 0 fully saturated rings. The number of carbonyl (C=O) groups excluding carboxylic acids is 1. The number of nitrogens with zero attached hydrogens (tertiary/aromatic N) is 5. The Hall–Kier alpha value is -5.41. The van der Waals surface area contributed by atoms with Crippen LogP contribution in [0.2, 0.25) is 5.02 Å². The van der Waals surface area contributed by atoms with Crippen molar-refractivity contribution >= 4 is 40.2 Å². The maximum atomic E-state index is 13.8. The standard InChI is InChI=1S/C34H28ClN7O2/c1-22-31(33(43)37-26-15-13-25(35)14-16-26)32(42-30-10-6-5-9-29(30)38-34(42)36-22)24-11-17-28(18-12-24)44-21-27-20-41(40-39-27)19-23-7-3-2-4-8-23/h2-18,20,32H,19,21H2,1H3,(H,36,38)(H,37,43). The van der Waals surface area contributed by atoms with E-state index in [1.54, 1.807) is 28.9 Å². The highest BCUT2D eigenvalue weighted by atomic mass is 35.5. The number of allylic oxidation sites excluding steroid dienone is 1. The van der Waals surface area contributed by atoms with Crippen molar-refractivity contribution in [2.24, 2.45) is 0 Å². The van der Waals surface area contributed by atoms with Gasteiger partial charge in [0.1, 0.15) is 18.1 Å². The number of hydrogen-bond donors (Lipinski definition) is 2. The van der Waals surface area contributed by atoms with Crippen LogP contribution in [0, 0.1) is 0 Å². The van der Waals surface area contributed by atoms with Gasteiger partial charge < -0.3 is 15.4 Å². The number of carbonyl (C=O) groups is 1. The second-order valence-electron chi connectivity index (χ2n) is 10.6. The van der Waals surface area contributed by atoms with E-state index >= 15 is 0 Å². The van der Waals surface area contributed by atoms with Gasteiger partial charge in [0.2, 0.25) is 5.95 Å². The molecule has 1 amide bonds. The molecule has 0 saturated carbocycles. The van der Waals surface area contributed by atoms with Crippen molar-refractivity contribution in [2.45, 2.75) is 26.1 Å². The molecule has 1 atom stereocenters. The van der Waals surface area contributed by atoms with Gasteiger partial charge in [-0.3, -0.25) is 9.36 Å². The summed E-state index contributed by atoms with van der Waals surface area (Å²) in [7, 11) is 0. The molecule has 1 aliphatic heterocycles. The molecule has 10 heteroatoms. The molecule has 0 radical (unpaired) electrons. The van der Waals surface area contributed by atoms with Crippen molar-refractivity contribution in [3.05, 3.63) is 142 Å². The topological polar surface area (TPSA) is 98.9 Å². The zero-order valence-corrected chi connectivity index (χ0v) is 24.6. The second kappa shape index (κ2) is 11.7. The van der Waals surface area contributed by atoms with E-state index in [-0.39, 0.29) is 12.5 Å². The Morgan fingerprint density at radius 1 is 0.955 bits per heavy atom. The Morgan fingerprint density at radius 2 is 1.70 bits per heavy atom. The molecular weight excluding hydrogens is 574 g/mol. The smallest absolute Gasteiger partial charge is 0.255 e. The summed E-state index contributed by atoms with van der Waals surface area (Å²) >= 11 is 6.06. The number of amides is 1. The molecular formula is C34H28ClN7O2. The second-order valence-corrected chi connectivity index (χ2v) is 11.0. The summed E-state index contributed by atoms with van der Waals surface area (Å²) < 4.78 is 9.92. The van der Waals surface area contributed by atoms with Crippen molar-refractivity contribution in [3.63, 3.8) is 0 Å². The first-order valence-corrected chi connectivity index (χ1v) is 14.6. The number of halogens is 1. The lowest BCUT2D eigenvalue weighted by Gasteiger charge is -2.30. The number of aromatic nitrogens is 5. The lowest BCUT2D eigenvalue weighted by atomic mass is 9.94. The third-order valence-electron chi connectivity index (χ3n) is 7.53. The predicted octanol–water partition coefficient (Wildman–Crippen LogP) is 6.84. The van der Waals surface area contributed by atoms with Crippen molar-refractivity contribution in [2.75, 3.05) is 10.6 Å². The molecule has 9 nitrogen and oxygen atoms in total. The monoisotopic (exact) mass is 601 g/mol. The Bertz CT molecular complexity index is 1980. The number of anilines is 2. The zero-order valence-electron chi connectivity index (χ0n) is 23.8. The quantitative estimate of drug-likeness (QED) is 0.198. The highest BCUT2D eigenvalue weighted by molar-refractivity contribution is 6.30. The summed E-state index contributed by atoms with van der Waals surface area (Å²) in [6.45, 7) is 2.82. The highest BCUT2D eigenvalue weighted by Gasteiger charge is 2.34. The molecule has 44 heavy (non-hydrogen) atoms. The summed E-state index contributed by atoms with van der Waals surface area (Å²) in [5, 5.41) is 15.5. The van der Waals surface area contributed by atoms with Gasteiger partial charge in [0.05, 0.1) is 35.4 Å². The van der Waals surface area contributed by atoms with Crippen molar-refractivity contribution in [3.8, 4) is 5.75 Å². The molecule has 1 aliphatic rings. The Morgan fingerprint density at radius 3 is 2.50 bits per heavy atom. The molecule has 4 aromatic carbocycles. The molecule has 1 unspecified atom stereocenters. The fraction of sp³-hybridized carbons (Fsp3) is 0.118. The summed E-state index contributed by atoms with van der Waals surface area (Å²) in [6.07, 6.45) is 1.89. The molecule has 218 valence electrons. The fourth-order valence-electron chi connectivity index (χ4n) is 5.46. The average Bonchev–Trinajstić information content (AvgIpc) is 3.65. The Labute approximate surface area is 258 Å². The van der Waals surface area contributed by atoms with Gasteiger partial charge in [0.25, 0.3) is 5.91 Å². The highest BCUT2D eigenvalue weighted by Crippen LogP contribution is 2.40. The summed E-state index contributed by atoms with van der Waals surface area (Å²) in [5.41, 5.74) is 6.52. The van der Waals surface area contributed by atoms with Gasteiger partial charge in [-0.05, 0) is 66.6 Å². The number of nitrogens with one attached hydrogen (secondary N) is 2. The maximum absolute atomic E-state index is 13.8. The van der Waals surface area contributed by atoms with Crippen molar-refractivity contribution in [1.82, 2.24) is 24.5 Å². The van der Waals surface area contributed by atoms with Crippen LogP contribution in [0.25, 0.3) is 11.0 Å². The van der Waals surface area contributed by atoms with Crippen LogP contribution in [-0.4, -0.2) is 30.5 Å². The van der Waals surface area contributed by atoms with E-state index in [0.29, 0.717) is 34.5 Å². The lowest BCUT2D eigenvalue weighted by Crippen LogP contribution is -2.30. The van der Waals surface area contributed by atoms with Crippen molar-refractivity contribution in [1.29, 1.82) is 0 Å². The number of fused-ring (bicyclic) bond motifs is 3.